The van der Waals surface area contributed by atoms with E-state index in [-0.39, 0.29) is 5.69 Å². The van der Waals surface area contributed by atoms with Crippen LogP contribution in [0.2, 0.25) is 0 Å². The van der Waals surface area contributed by atoms with E-state index in [2.05, 4.69) is 9.97 Å². The van der Waals surface area contributed by atoms with Gasteiger partial charge >= 0.3 is 0 Å². The molecule has 0 saturated heterocycles. The average molecular weight is 308 g/mol. The third-order valence-corrected chi connectivity index (χ3v) is 3.36. The Bertz CT molecular complexity index is 814. The molecule has 1 aromatic carbocycles. The molecule has 0 atom stereocenters. The molecule has 0 aliphatic heterocycles. The van der Waals surface area contributed by atoms with Gasteiger partial charge in [-0.3, -0.25) is 4.57 Å². The molecular formula is C15H12ClF2N3. The Labute approximate surface area is 125 Å². The predicted molar refractivity (Wildman–Crippen MR) is 77.9 cm³/mol. The summed E-state index contributed by atoms with van der Waals surface area (Å²) in [6.07, 6.45) is 2.11. The Morgan fingerprint density at radius 3 is 2.81 bits per heavy atom. The fourth-order valence-corrected chi connectivity index (χ4v) is 2.44. The highest BCUT2D eigenvalue weighted by Crippen LogP contribution is 2.24. The largest absolute Gasteiger partial charge is 0.278 e. The Balaban J connectivity index is 2.33. The zero-order chi connectivity index (χ0) is 15.0. The second-order valence-corrected chi connectivity index (χ2v) is 5.13. The van der Waals surface area contributed by atoms with Gasteiger partial charge in [-0.15, -0.1) is 11.6 Å². The second kappa shape index (κ2) is 5.41. The number of imidazole rings is 1. The first-order valence-electron chi connectivity index (χ1n) is 6.45. The van der Waals surface area contributed by atoms with Crippen molar-refractivity contribution in [3.05, 3.63) is 53.5 Å². The molecule has 2 heterocycles. The number of rotatable bonds is 3. The van der Waals surface area contributed by atoms with Gasteiger partial charge in [-0.2, -0.15) is 0 Å². The molecule has 3 rings (SSSR count). The summed E-state index contributed by atoms with van der Waals surface area (Å²) in [5, 5.41) is 0. The standard InChI is InChI=1S/C15H12ClF2N3/c1-9-6-12-15(19-8-9)21(14(20-12)4-5-16)13-7-10(17)2-3-11(13)18/h2-3,6-8H,4-5H2,1H3. The van der Waals surface area contributed by atoms with Crippen LogP contribution in [0.25, 0.3) is 16.9 Å². The topological polar surface area (TPSA) is 30.7 Å². The summed E-state index contributed by atoms with van der Waals surface area (Å²) in [5.41, 5.74) is 2.17. The molecule has 6 heteroatoms. The number of aryl methyl sites for hydroxylation is 2. The summed E-state index contributed by atoms with van der Waals surface area (Å²) in [6.45, 7) is 1.90. The molecule has 0 bridgehead atoms. The normalized spacial score (nSPS) is 11.2. The van der Waals surface area contributed by atoms with E-state index in [1.54, 1.807) is 6.20 Å². The van der Waals surface area contributed by atoms with Crippen molar-refractivity contribution in [1.29, 1.82) is 0 Å². The number of alkyl halides is 1. The Morgan fingerprint density at radius 1 is 1.24 bits per heavy atom. The van der Waals surface area contributed by atoms with E-state index in [0.717, 1.165) is 23.8 Å². The summed E-state index contributed by atoms with van der Waals surface area (Å²) in [7, 11) is 0. The van der Waals surface area contributed by atoms with Gasteiger partial charge in [0.05, 0.1) is 5.69 Å². The zero-order valence-corrected chi connectivity index (χ0v) is 12.0. The summed E-state index contributed by atoms with van der Waals surface area (Å²) in [4.78, 5) is 8.74. The Hall–Kier alpha value is -2.01. The molecule has 2 aromatic heterocycles. The molecule has 3 aromatic rings. The maximum atomic E-state index is 14.1. The van der Waals surface area contributed by atoms with Crippen molar-refractivity contribution < 1.29 is 8.78 Å². The molecule has 108 valence electrons. The van der Waals surface area contributed by atoms with Gasteiger partial charge in [-0.25, -0.2) is 18.7 Å². The van der Waals surface area contributed by atoms with Gasteiger partial charge in [0.2, 0.25) is 0 Å². The molecule has 0 amide bonds. The summed E-state index contributed by atoms with van der Waals surface area (Å²) < 4.78 is 29.1. The van der Waals surface area contributed by atoms with Crippen LogP contribution in [-0.2, 0) is 6.42 Å². The van der Waals surface area contributed by atoms with Crippen LogP contribution in [0.15, 0.2) is 30.5 Å². The highest BCUT2D eigenvalue weighted by atomic mass is 35.5. The number of benzene rings is 1. The van der Waals surface area contributed by atoms with Crippen molar-refractivity contribution in [2.75, 3.05) is 5.88 Å². The zero-order valence-electron chi connectivity index (χ0n) is 11.3. The number of aromatic nitrogens is 3. The molecule has 0 fully saturated rings. The minimum atomic E-state index is -0.533. The van der Waals surface area contributed by atoms with E-state index in [4.69, 9.17) is 11.6 Å². The lowest BCUT2D eigenvalue weighted by Crippen LogP contribution is -2.05. The number of halogens is 3. The minimum Gasteiger partial charge on any atom is -0.278 e. The monoisotopic (exact) mass is 307 g/mol. The third kappa shape index (κ3) is 2.49. The molecular weight excluding hydrogens is 296 g/mol. The van der Waals surface area contributed by atoms with Crippen LogP contribution >= 0.6 is 11.6 Å². The molecule has 0 unspecified atom stereocenters. The Morgan fingerprint density at radius 2 is 2.05 bits per heavy atom. The fraction of sp³-hybridized carbons (Fsp3) is 0.200. The van der Waals surface area contributed by atoms with Crippen molar-refractivity contribution >= 4 is 22.8 Å². The lowest BCUT2D eigenvalue weighted by atomic mass is 10.2. The summed E-state index contributed by atoms with van der Waals surface area (Å²) in [5.74, 6) is -0.159. The van der Waals surface area contributed by atoms with E-state index in [1.807, 2.05) is 13.0 Å². The molecule has 0 N–H and O–H groups in total. The van der Waals surface area contributed by atoms with Gasteiger partial charge in [0.1, 0.15) is 23.0 Å². The smallest absolute Gasteiger partial charge is 0.164 e. The van der Waals surface area contributed by atoms with Crippen molar-refractivity contribution in [2.24, 2.45) is 0 Å². The highest BCUT2D eigenvalue weighted by molar-refractivity contribution is 6.17. The number of nitrogens with zero attached hydrogens (tertiary/aromatic N) is 3. The molecule has 0 aliphatic rings. The van der Waals surface area contributed by atoms with Crippen LogP contribution in [-0.4, -0.2) is 20.4 Å². The maximum absolute atomic E-state index is 14.1. The molecule has 0 aliphatic carbocycles. The maximum Gasteiger partial charge on any atom is 0.164 e. The van der Waals surface area contributed by atoms with Crippen molar-refractivity contribution in [3.63, 3.8) is 0 Å². The average Bonchev–Trinajstić information content (AvgIpc) is 2.79. The van der Waals surface area contributed by atoms with Crippen molar-refractivity contribution in [1.82, 2.24) is 14.5 Å². The lowest BCUT2D eigenvalue weighted by molar-refractivity contribution is 0.591. The highest BCUT2D eigenvalue weighted by Gasteiger charge is 2.17. The first-order chi connectivity index (χ1) is 10.1. The third-order valence-electron chi connectivity index (χ3n) is 3.17. The number of hydrogen-bond donors (Lipinski definition) is 0. The van der Waals surface area contributed by atoms with Crippen LogP contribution in [0.1, 0.15) is 11.4 Å². The van der Waals surface area contributed by atoms with E-state index in [1.165, 1.54) is 4.57 Å². The predicted octanol–water partition coefficient (Wildman–Crippen LogP) is 3.79. The Kier molecular flexibility index (Phi) is 3.59. The van der Waals surface area contributed by atoms with Crippen molar-refractivity contribution in [3.8, 4) is 5.69 Å². The second-order valence-electron chi connectivity index (χ2n) is 4.75. The van der Waals surface area contributed by atoms with Crippen LogP contribution in [0.4, 0.5) is 8.78 Å². The van der Waals surface area contributed by atoms with Gasteiger partial charge in [0, 0.05) is 24.6 Å². The van der Waals surface area contributed by atoms with E-state index in [9.17, 15) is 8.78 Å². The molecule has 3 nitrogen and oxygen atoms in total. The van der Waals surface area contributed by atoms with Crippen LogP contribution in [0.5, 0.6) is 0 Å². The SMILES string of the molecule is Cc1cnc2c(c1)nc(CCCl)n2-c1cc(F)ccc1F. The summed E-state index contributed by atoms with van der Waals surface area (Å²) >= 11 is 5.78. The van der Waals surface area contributed by atoms with Gasteiger partial charge in [-0.05, 0) is 30.7 Å². The van der Waals surface area contributed by atoms with Crippen LogP contribution in [0.3, 0.4) is 0 Å². The number of hydrogen-bond acceptors (Lipinski definition) is 2. The van der Waals surface area contributed by atoms with E-state index >= 15 is 0 Å². The first-order valence-corrected chi connectivity index (χ1v) is 6.99. The van der Waals surface area contributed by atoms with E-state index in [0.29, 0.717) is 29.3 Å². The number of fused-ring (bicyclic) bond motifs is 1. The quantitative estimate of drug-likeness (QED) is 0.689. The molecule has 0 spiro atoms. The fourth-order valence-electron chi connectivity index (χ4n) is 2.27. The van der Waals surface area contributed by atoms with Gasteiger partial charge < -0.3 is 0 Å². The molecule has 21 heavy (non-hydrogen) atoms. The van der Waals surface area contributed by atoms with Crippen LogP contribution < -0.4 is 0 Å². The first kappa shape index (κ1) is 13.9. The lowest BCUT2D eigenvalue weighted by Gasteiger charge is -2.09. The van der Waals surface area contributed by atoms with Gasteiger partial charge in [-0.1, -0.05) is 0 Å². The minimum absolute atomic E-state index is 0.0916. The van der Waals surface area contributed by atoms with Gasteiger partial charge in [0.15, 0.2) is 5.65 Å². The number of pyridine rings is 1. The van der Waals surface area contributed by atoms with E-state index < -0.39 is 11.6 Å². The van der Waals surface area contributed by atoms with Crippen LogP contribution in [0, 0.1) is 18.6 Å². The van der Waals surface area contributed by atoms with Crippen molar-refractivity contribution in [2.45, 2.75) is 13.3 Å². The molecule has 0 radical (unpaired) electrons. The van der Waals surface area contributed by atoms with Gasteiger partial charge in [0.25, 0.3) is 0 Å². The summed E-state index contributed by atoms with van der Waals surface area (Å²) in [6, 6.07) is 5.16. The molecule has 0 saturated carbocycles.